The van der Waals surface area contributed by atoms with E-state index in [1.807, 2.05) is 17.2 Å². The summed E-state index contributed by atoms with van der Waals surface area (Å²) in [6.07, 6.45) is 9.52. The van der Waals surface area contributed by atoms with Crippen LogP contribution < -0.4 is 5.73 Å². The van der Waals surface area contributed by atoms with Crippen LogP contribution in [-0.4, -0.2) is 43.3 Å². The molecule has 2 N–H and O–H groups in total. The highest BCUT2D eigenvalue weighted by Gasteiger charge is 2.09. The second-order valence-electron chi connectivity index (χ2n) is 4.56. The van der Waals surface area contributed by atoms with Crippen molar-refractivity contribution in [2.45, 2.75) is 19.8 Å². The van der Waals surface area contributed by atoms with E-state index in [0.717, 1.165) is 24.2 Å². The van der Waals surface area contributed by atoms with Gasteiger partial charge in [0.05, 0.1) is 6.67 Å². The number of allylic oxidation sites excluding steroid dienone is 2. The molecule has 0 saturated heterocycles. The topological polar surface area (TPSA) is 44.9 Å². The number of nitrogens with two attached hydrogens (primary N) is 1. The number of rotatable bonds is 11. The summed E-state index contributed by atoms with van der Waals surface area (Å²) < 4.78 is 0. The fraction of sp³-hybridized carbons (Fsp3) is 0.438. The van der Waals surface area contributed by atoms with Gasteiger partial charge < -0.3 is 15.5 Å². The molecule has 0 aromatic carbocycles. The maximum absolute atomic E-state index is 5.73. The first-order valence-corrected chi connectivity index (χ1v) is 6.89. The Bertz CT molecular complexity index is 369. The van der Waals surface area contributed by atoms with Crippen LogP contribution in [0.25, 0.3) is 0 Å². The minimum atomic E-state index is 0.409. The van der Waals surface area contributed by atoms with Crippen LogP contribution in [0.1, 0.15) is 19.8 Å². The molecule has 0 unspecified atom stereocenters. The predicted octanol–water partition coefficient (Wildman–Crippen LogP) is 2.73. The summed E-state index contributed by atoms with van der Waals surface area (Å²) in [5.41, 5.74) is 7.82. The zero-order valence-electron chi connectivity index (χ0n) is 12.9. The van der Waals surface area contributed by atoms with E-state index in [0.29, 0.717) is 13.2 Å². The molecule has 0 heterocycles. The van der Waals surface area contributed by atoms with Crippen molar-refractivity contribution in [1.29, 1.82) is 0 Å². The summed E-state index contributed by atoms with van der Waals surface area (Å²) in [6, 6.07) is 0. The number of hydrogen-bond donors (Lipinski definition) is 1. The zero-order valence-corrected chi connectivity index (χ0v) is 12.9. The van der Waals surface area contributed by atoms with Crippen LogP contribution in [0.5, 0.6) is 0 Å². The van der Waals surface area contributed by atoms with E-state index in [-0.39, 0.29) is 0 Å². The van der Waals surface area contributed by atoms with Crippen molar-refractivity contribution in [3.8, 4) is 0 Å². The van der Waals surface area contributed by atoms with Gasteiger partial charge in [0.1, 0.15) is 0 Å². The van der Waals surface area contributed by atoms with Crippen LogP contribution >= 0.6 is 0 Å². The van der Waals surface area contributed by atoms with Gasteiger partial charge in [-0.05, 0) is 18.7 Å². The van der Waals surface area contributed by atoms with Crippen molar-refractivity contribution >= 4 is 6.72 Å². The number of nitrogens with zero attached hydrogens (tertiary/aromatic N) is 3. The van der Waals surface area contributed by atoms with Crippen LogP contribution in [0.2, 0.25) is 0 Å². The van der Waals surface area contributed by atoms with Crippen LogP contribution in [0, 0.1) is 0 Å². The molecule has 0 spiro atoms. The Balaban J connectivity index is 4.82. The normalized spacial score (nSPS) is 11.4. The second-order valence-corrected chi connectivity index (χ2v) is 4.56. The summed E-state index contributed by atoms with van der Waals surface area (Å²) in [6.45, 7) is 15.6. The van der Waals surface area contributed by atoms with Crippen molar-refractivity contribution in [2.75, 3.05) is 26.8 Å². The first-order valence-electron chi connectivity index (χ1n) is 6.89. The maximum atomic E-state index is 5.73. The van der Waals surface area contributed by atoms with Crippen molar-refractivity contribution in [3.05, 3.63) is 49.0 Å². The standard InChI is InChI=1S/C16H28N4/c1-6-8-11-19(5)15(3)16(9-7-2)13-20(14-17)12-10-18-4/h7,9-10,12H,2-4,6,8,11,13-14,17H2,1,5H3/b12-10-,16-9-. The van der Waals surface area contributed by atoms with Gasteiger partial charge in [0.15, 0.2) is 0 Å². The lowest BCUT2D eigenvalue weighted by atomic mass is 10.1. The Hall–Kier alpha value is -1.81. The molecule has 0 saturated carbocycles. The zero-order chi connectivity index (χ0) is 15.4. The quantitative estimate of drug-likeness (QED) is 0.358. The van der Waals surface area contributed by atoms with Crippen LogP contribution in [0.3, 0.4) is 0 Å². The van der Waals surface area contributed by atoms with Gasteiger partial charge in [-0.15, -0.1) is 0 Å². The molecule has 20 heavy (non-hydrogen) atoms. The van der Waals surface area contributed by atoms with Crippen LogP contribution in [0.4, 0.5) is 0 Å². The Morgan fingerprint density at radius 1 is 1.40 bits per heavy atom. The summed E-state index contributed by atoms with van der Waals surface area (Å²) >= 11 is 0. The van der Waals surface area contributed by atoms with Crippen molar-refractivity contribution in [2.24, 2.45) is 10.7 Å². The average molecular weight is 276 g/mol. The third-order valence-corrected chi connectivity index (χ3v) is 2.99. The van der Waals surface area contributed by atoms with Crippen molar-refractivity contribution in [1.82, 2.24) is 9.80 Å². The van der Waals surface area contributed by atoms with Crippen molar-refractivity contribution < 1.29 is 0 Å². The van der Waals surface area contributed by atoms with Gasteiger partial charge in [0, 0.05) is 38.2 Å². The van der Waals surface area contributed by atoms with E-state index in [4.69, 9.17) is 5.73 Å². The predicted molar refractivity (Wildman–Crippen MR) is 89.4 cm³/mol. The van der Waals surface area contributed by atoms with Gasteiger partial charge in [-0.25, -0.2) is 0 Å². The molecule has 112 valence electrons. The van der Waals surface area contributed by atoms with Gasteiger partial charge in [-0.3, -0.25) is 4.99 Å². The van der Waals surface area contributed by atoms with Crippen molar-refractivity contribution in [3.63, 3.8) is 0 Å². The molecular weight excluding hydrogens is 248 g/mol. The molecule has 0 aromatic heterocycles. The molecule has 0 amide bonds. The van der Waals surface area contributed by atoms with Gasteiger partial charge >= 0.3 is 0 Å². The lowest BCUT2D eigenvalue weighted by Crippen LogP contribution is -2.30. The second kappa shape index (κ2) is 11.1. The van der Waals surface area contributed by atoms with E-state index in [9.17, 15) is 0 Å². The lowest BCUT2D eigenvalue weighted by molar-refractivity contribution is 0.384. The monoisotopic (exact) mass is 276 g/mol. The number of unbranched alkanes of at least 4 members (excludes halogenated alkanes) is 1. The minimum Gasteiger partial charge on any atom is -0.375 e. The lowest BCUT2D eigenvalue weighted by Gasteiger charge is -2.27. The third-order valence-electron chi connectivity index (χ3n) is 2.99. The molecule has 0 atom stereocenters. The largest absolute Gasteiger partial charge is 0.375 e. The molecule has 0 bridgehead atoms. The van der Waals surface area contributed by atoms with E-state index >= 15 is 0 Å². The number of likely N-dealkylation sites (N-methyl/N-ethyl adjacent to an activating group) is 1. The molecule has 4 nitrogen and oxygen atoms in total. The Labute approximate surface area is 123 Å². The molecule has 0 aliphatic rings. The SMILES string of the molecule is C=C/C=C(/CN(/C=C\N=C)CN)C(=C)N(C)CCCC. The summed E-state index contributed by atoms with van der Waals surface area (Å²) in [7, 11) is 2.06. The van der Waals surface area contributed by atoms with E-state index < -0.39 is 0 Å². The molecule has 0 fully saturated rings. The summed E-state index contributed by atoms with van der Waals surface area (Å²) in [5, 5.41) is 0. The fourth-order valence-corrected chi connectivity index (χ4v) is 1.70. The Morgan fingerprint density at radius 3 is 2.60 bits per heavy atom. The van der Waals surface area contributed by atoms with E-state index in [2.05, 4.69) is 43.7 Å². The highest BCUT2D eigenvalue weighted by atomic mass is 15.2. The molecule has 0 radical (unpaired) electrons. The smallest absolute Gasteiger partial charge is 0.0655 e. The van der Waals surface area contributed by atoms with Crippen LogP contribution in [-0.2, 0) is 0 Å². The van der Waals surface area contributed by atoms with Gasteiger partial charge in [-0.1, -0.05) is 38.7 Å². The highest BCUT2D eigenvalue weighted by Crippen LogP contribution is 2.14. The Morgan fingerprint density at radius 2 is 2.10 bits per heavy atom. The number of aliphatic imine (C=N–C) groups is 1. The minimum absolute atomic E-state index is 0.409. The summed E-state index contributed by atoms with van der Waals surface area (Å²) in [5.74, 6) is 0. The maximum Gasteiger partial charge on any atom is 0.0655 e. The molecule has 0 rings (SSSR count). The Kier molecular flexibility index (Phi) is 10.1. The molecular formula is C16H28N4. The molecule has 0 aliphatic carbocycles. The molecule has 0 aromatic rings. The van der Waals surface area contributed by atoms with Crippen LogP contribution in [0.15, 0.2) is 54.0 Å². The molecule has 0 aliphatic heterocycles. The molecule has 4 heteroatoms. The number of hydrogen-bond acceptors (Lipinski definition) is 4. The first kappa shape index (κ1) is 18.2. The highest BCUT2D eigenvalue weighted by molar-refractivity contribution is 5.32. The van der Waals surface area contributed by atoms with Gasteiger partial charge in [0.25, 0.3) is 0 Å². The van der Waals surface area contributed by atoms with Gasteiger partial charge in [0.2, 0.25) is 0 Å². The first-order chi connectivity index (χ1) is 9.60. The third kappa shape index (κ3) is 6.95. The van der Waals surface area contributed by atoms with E-state index in [1.165, 1.54) is 6.42 Å². The summed E-state index contributed by atoms with van der Waals surface area (Å²) in [4.78, 5) is 7.81. The average Bonchev–Trinajstić information content (AvgIpc) is 2.47. The van der Waals surface area contributed by atoms with Gasteiger partial charge in [-0.2, -0.15) is 0 Å². The fourth-order valence-electron chi connectivity index (χ4n) is 1.70. The van der Waals surface area contributed by atoms with E-state index in [1.54, 1.807) is 12.3 Å².